The first-order valence-corrected chi connectivity index (χ1v) is 8.99. The van der Waals surface area contributed by atoms with Gasteiger partial charge in [0.2, 0.25) is 0 Å². The van der Waals surface area contributed by atoms with Crippen molar-refractivity contribution in [3.8, 4) is 0 Å². The molecule has 1 aromatic heterocycles. The van der Waals surface area contributed by atoms with Crippen LogP contribution in [-0.2, 0) is 0 Å². The fourth-order valence-electron chi connectivity index (χ4n) is 2.94. The van der Waals surface area contributed by atoms with Crippen LogP contribution in [0, 0.1) is 5.92 Å². The van der Waals surface area contributed by atoms with E-state index in [1.807, 2.05) is 22.5 Å². The average molecular weight is 308 g/mol. The summed E-state index contributed by atoms with van der Waals surface area (Å²) in [7, 11) is 0. The van der Waals surface area contributed by atoms with Gasteiger partial charge in [-0.2, -0.15) is 16.9 Å². The van der Waals surface area contributed by atoms with Crippen LogP contribution in [0.25, 0.3) is 0 Å². The second-order valence-corrected chi connectivity index (χ2v) is 7.56. The van der Waals surface area contributed by atoms with Crippen LogP contribution in [0.3, 0.4) is 0 Å². The lowest BCUT2D eigenvalue weighted by Gasteiger charge is -2.40. The molecule has 1 unspecified atom stereocenters. The van der Waals surface area contributed by atoms with E-state index < -0.39 is 0 Å². The highest BCUT2D eigenvalue weighted by molar-refractivity contribution is 8.00. The molecule has 0 saturated heterocycles. The standard InChI is InChI=1S/C15H24N4OS/c1-11(12-4-5-12)19-13(6-9-17-19)18-14(20)16-10-15(21-2)7-3-8-15/h6,9,11-12H,3-5,7-8,10H2,1-2H3,(H2,16,18,20). The van der Waals surface area contributed by atoms with E-state index in [0.29, 0.717) is 12.0 Å². The minimum atomic E-state index is -0.125. The normalized spacial score (nSPS) is 21.4. The summed E-state index contributed by atoms with van der Waals surface area (Å²) in [6.45, 7) is 2.91. The summed E-state index contributed by atoms with van der Waals surface area (Å²) in [5, 5.41) is 10.3. The highest BCUT2D eigenvalue weighted by atomic mass is 32.2. The molecule has 6 heteroatoms. The van der Waals surface area contributed by atoms with Gasteiger partial charge in [-0.3, -0.25) is 5.32 Å². The Morgan fingerprint density at radius 1 is 1.57 bits per heavy atom. The van der Waals surface area contributed by atoms with Gasteiger partial charge in [0.15, 0.2) is 0 Å². The van der Waals surface area contributed by atoms with E-state index in [2.05, 4.69) is 28.9 Å². The SMILES string of the molecule is CSC1(CNC(=O)Nc2ccnn2C(C)C2CC2)CCC1. The molecule has 0 spiro atoms. The summed E-state index contributed by atoms with van der Waals surface area (Å²) >= 11 is 1.87. The lowest BCUT2D eigenvalue weighted by molar-refractivity contribution is 0.247. The molecule has 5 nitrogen and oxygen atoms in total. The molecule has 0 aliphatic heterocycles. The quantitative estimate of drug-likeness (QED) is 0.848. The Hall–Kier alpha value is -1.17. The van der Waals surface area contributed by atoms with Crippen molar-refractivity contribution in [3.63, 3.8) is 0 Å². The number of nitrogens with zero attached hydrogens (tertiary/aromatic N) is 2. The second-order valence-electron chi connectivity index (χ2n) is 6.29. The minimum Gasteiger partial charge on any atom is -0.336 e. The predicted octanol–water partition coefficient (Wildman–Crippen LogP) is 3.26. The minimum absolute atomic E-state index is 0.125. The number of hydrogen-bond donors (Lipinski definition) is 2. The van der Waals surface area contributed by atoms with Gasteiger partial charge in [-0.1, -0.05) is 6.42 Å². The van der Waals surface area contributed by atoms with Crippen molar-refractivity contribution in [2.45, 2.75) is 49.8 Å². The molecule has 0 aromatic carbocycles. The molecule has 21 heavy (non-hydrogen) atoms. The van der Waals surface area contributed by atoms with Crippen LogP contribution in [0.1, 0.15) is 45.1 Å². The third-order valence-electron chi connectivity index (χ3n) is 4.87. The molecule has 2 aliphatic rings. The average Bonchev–Trinajstić information content (AvgIpc) is 3.18. The molecule has 1 heterocycles. The monoisotopic (exact) mass is 308 g/mol. The summed E-state index contributed by atoms with van der Waals surface area (Å²) in [6.07, 6.45) is 10.1. The number of rotatable bonds is 6. The number of thioether (sulfide) groups is 1. The van der Waals surface area contributed by atoms with Crippen molar-refractivity contribution in [3.05, 3.63) is 12.3 Å². The second kappa shape index (κ2) is 5.91. The molecule has 2 N–H and O–H groups in total. The third-order valence-corrected chi connectivity index (χ3v) is 6.29. The molecule has 3 rings (SSSR count). The molecule has 116 valence electrons. The number of amides is 2. The van der Waals surface area contributed by atoms with Crippen molar-refractivity contribution in [2.75, 3.05) is 18.1 Å². The molecule has 2 amide bonds. The zero-order valence-corrected chi connectivity index (χ0v) is 13.6. The van der Waals surface area contributed by atoms with Gasteiger partial charge in [0, 0.05) is 17.4 Å². The van der Waals surface area contributed by atoms with Crippen molar-refractivity contribution < 1.29 is 4.79 Å². The van der Waals surface area contributed by atoms with Gasteiger partial charge in [0.25, 0.3) is 0 Å². The van der Waals surface area contributed by atoms with Crippen LogP contribution in [0.5, 0.6) is 0 Å². The van der Waals surface area contributed by atoms with E-state index >= 15 is 0 Å². The maximum Gasteiger partial charge on any atom is 0.320 e. The fraction of sp³-hybridized carbons (Fsp3) is 0.733. The van der Waals surface area contributed by atoms with Crippen molar-refractivity contribution in [1.82, 2.24) is 15.1 Å². The van der Waals surface area contributed by atoms with Crippen molar-refractivity contribution in [1.29, 1.82) is 0 Å². The summed E-state index contributed by atoms with van der Waals surface area (Å²) in [4.78, 5) is 12.1. The number of nitrogens with one attached hydrogen (secondary N) is 2. The van der Waals surface area contributed by atoms with Crippen molar-refractivity contribution in [2.24, 2.45) is 5.92 Å². The molecule has 0 bridgehead atoms. The van der Waals surface area contributed by atoms with Gasteiger partial charge in [-0.15, -0.1) is 0 Å². The van der Waals surface area contributed by atoms with E-state index in [0.717, 1.165) is 12.4 Å². The summed E-state index contributed by atoms with van der Waals surface area (Å²) in [5.74, 6) is 1.50. The maximum absolute atomic E-state index is 12.1. The molecule has 0 radical (unpaired) electrons. The topological polar surface area (TPSA) is 59.0 Å². The van der Waals surface area contributed by atoms with Crippen LogP contribution in [0.15, 0.2) is 12.3 Å². The summed E-state index contributed by atoms with van der Waals surface area (Å²) in [5.41, 5.74) is 0. The number of anilines is 1. The molecule has 2 saturated carbocycles. The van der Waals surface area contributed by atoms with Crippen LogP contribution in [-0.4, -0.2) is 33.4 Å². The smallest absolute Gasteiger partial charge is 0.320 e. The van der Waals surface area contributed by atoms with E-state index in [1.165, 1.54) is 32.1 Å². The van der Waals surface area contributed by atoms with Crippen LogP contribution in [0.4, 0.5) is 10.6 Å². The van der Waals surface area contributed by atoms with Gasteiger partial charge in [-0.05, 0) is 44.8 Å². The highest BCUT2D eigenvalue weighted by Crippen LogP contribution is 2.42. The molecule has 2 fully saturated rings. The first kappa shape index (κ1) is 14.8. The molecular weight excluding hydrogens is 284 g/mol. The van der Waals surface area contributed by atoms with E-state index in [4.69, 9.17) is 0 Å². The molecule has 1 atom stereocenters. The Kier molecular flexibility index (Phi) is 4.15. The van der Waals surface area contributed by atoms with E-state index in [1.54, 1.807) is 6.20 Å². The van der Waals surface area contributed by atoms with Gasteiger partial charge in [0.1, 0.15) is 5.82 Å². The number of carbonyl (C=O) groups is 1. The maximum atomic E-state index is 12.1. The Morgan fingerprint density at radius 2 is 2.33 bits per heavy atom. The first-order chi connectivity index (χ1) is 10.1. The molecular formula is C15H24N4OS. The zero-order chi connectivity index (χ0) is 14.9. The summed E-state index contributed by atoms with van der Waals surface area (Å²) in [6, 6.07) is 2.10. The van der Waals surface area contributed by atoms with Crippen LogP contribution < -0.4 is 10.6 Å². The number of hydrogen-bond acceptors (Lipinski definition) is 3. The van der Waals surface area contributed by atoms with E-state index in [9.17, 15) is 4.79 Å². The number of aromatic nitrogens is 2. The highest BCUT2D eigenvalue weighted by Gasteiger charge is 2.36. The van der Waals surface area contributed by atoms with Gasteiger partial charge in [-0.25, -0.2) is 9.48 Å². The summed E-state index contributed by atoms with van der Waals surface area (Å²) < 4.78 is 2.20. The third kappa shape index (κ3) is 3.20. The lowest BCUT2D eigenvalue weighted by Crippen LogP contribution is -2.46. The Morgan fingerprint density at radius 3 is 2.90 bits per heavy atom. The van der Waals surface area contributed by atoms with Crippen LogP contribution in [0.2, 0.25) is 0 Å². The predicted molar refractivity (Wildman–Crippen MR) is 86.8 cm³/mol. The van der Waals surface area contributed by atoms with E-state index in [-0.39, 0.29) is 10.8 Å². The largest absolute Gasteiger partial charge is 0.336 e. The Bertz CT molecular complexity index is 502. The van der Waals surface area contributed by atoms with Crippen LogP contribution >= 0.6 is 11.8 Å². The molecule has 2 aliphatic carbocycles. The number of urea groups is 1. The van der Waals surface area contributed by atoms with Crippen molar-refractivity contribution >= 4 is 23.6 Å². The fourth-order valence-corrected chi connectivity index (χ4v) is 3.86. The molecule has 1 aromatic rings. The lowest BCUT2D eigenvalue weighted by atomic mass is 9.84. The zero-order valence-electron chi connectivity index (χ0n) is 12.8. The van der Waals surface area contributed by atoms with Gasteiger partial charge >= 0.3 is 6.03 Å². The number of carbonyl (C=O) groups excluding carboxylic acids is 1. The van der Waals surface area contributed by atoms with Gasteiger partial charge < -0.3 is 5.32 Å². The van der Waals surface area contributed by atoms with Gasteiger partial charge in [0.05, 0.1) is 12.2 Å². The first-order valence-electron chi connectivity index (χ1n) is 7.77. The Labute approximate surface area is 130 Å². The Balaban J connectivity index is 1.54.